The molecule has 6 heteroatoms. The normalized spacial score (nSPS) is 53.6. The van der Waals surface area contributed by atoms with Gasteiger partial charge >= 0.3 is 0 Å². The number of rotatable bonds is 5. The predicted molar refractivity (Wildman–Crippen MR) is 132 cm³/mol. The molecule has 2 saturated heterocycles. The summed E-state index contributed by atoms with van der Waals surface area (Å²) in [6.45, 7) is 9.12. The molecule has 0 aromatic rings. The zero-order valence-corrected chi connectivity index (χ0v) is 22.4. The maximum Gasteiger partial charge on any atom is 0.294 e. The van der Waals surface area contributed by atoms with Gasteiger partial charge in [0.1, 0.15) is 0 Å². The molecule has 0 aromatic heterocycles. The van der Waals surface area contributed by atoms with Crippen molar-refractivity contribution in [2.24, 2.45) is 28.6 Å². The number of thioether (sulfide) groups is 1. The molecular weight excluding hydrogens is 448 g/mol. The molecule has 0 amide bonds. The van der Waals surface area contributed by atoms with E-state index in [-0.39, 0.29) is 18.4 Å². The summed E-state index contributed by atoms with van der Waals surface area (Å²) in [5, 5.41) is 0.759. The van der Waals surface area contributed by atoms with Gasteiger partial charge in [-0.25, -0.2) is 0 Å². The Hall–Kier alpha value is -0.400. The van der Waals surface area contributed by atoms with Gasteiger partial charge < -0.3 is 18.9 Å². The Labute approximate surface area is 209 Å². The topological polar surface area (TPSA) is 54.0 Å². The van der Waals surface area contributed by atoms with Crippen molar-refractivity contribution < 1.29 is 23.7 Å². The van der Waals surface area contributed by atoms with E-state index in [0.717, 1.165) is 49.7 Å². The van der Waals surface area contributed by atoms with Crippen LogP contribution in [0.3, 0.4) is 0 Å². The van der Waals surface area contributed by atoms with E-state index < -0.39 is 17.0 Å². The Kier molecular flexibility index (Phi) is 5.67. The largest absolute Gasteiger partial charge is 0.314 e. The van der Waals surface area contributed by atoms with Crippen LogP contribution in [0.2, 0.25) is 0 Å². The molecule has 4 aliphatic carbocycles. The van der Waals surface area contributed by atoms with E-state index in [1.54, 1.807) is 0 Å². The summed E-state index contributed by atoms with van der Waals surface area (Å²) < 4.78 is 26.2. The molecule has 0 aromatic carbocycles. The Morgan fingerprint density at radius 1 is 0.941 bits per heavy atom. The number of hydrogen-bond acceptors (Lipinski definition) is 6. The first-order chi connectivity index (χ1) is 16.3. The summed E-state index contributed by atoms with van der Waals surface area (Å²) in [6.07, 6.45) is 14.2. The van der Waals surface area contributed by atoms with Crippen LogP contribution < -0.4 is 0 Å². The average Bonchev–Trinajstić information content (AvgIpc) is 3.10. The lowest BCUT2D eigenvalue weighted by Gasteiger charge is -2.71. The third-order valence-electron chi connectivity index (χ3n) is 10.8. The first-order valence-corrected chi connectivity index (χ1v) is 15.1. The highest BCUT2D eigenvalue weighted by Crippen LogP contribution is 2.72. The van der Waals surface area contributed by atoms with Gasteiger partial charge in [0.15, 0.2) is 12.6 Å². The molecule has 6 rings (SSSR count). The minimum atomic E-state index is -1.45. The minimum Gasteiger partial charge on any atom is -0.314 e. The Balaban J connectivity index is 1.40. The van der Waals surface area contributed by atoms with Crippen LogP contribution >= 0.6 is 11.8 Å². The zero-order valence-electron chi connectivity index (χ0n) is 21.6. The van der Waals surface area contributed by atoms with E-state index >= 15 is 0 Å². The number of ketones is 1. The van der Waals surface area contributed by atoms with E-state index in [1.807, 2.05) is 6.08 Å². The first-order valence-electron chi connectivity index (χ1n) is 13.8. The lowest BCUT2D eigenvalue weighted by Crippen LogP contribution is -2.85. The van der Waals surface area contributed by atoms with Gasteiger partial charge in [-0.1, -0.05) is 46.1 Å². The Morgan fingerprint density at radius 3 is 2.26 bits per heavy atom. The van der Waals surface area contributed by atoms with Crippen molar-refractivity contribution in [2.45, 2.75) is 121 Å². The van der Waals surface area contributed by atoms with Gasteiger partial charge in [0.05, 0.1) is 5.41 Å². The molecule has 0 unspecified atom stereocenters. The van der Waals surface area contributed by atoms with Crippen LogP contribution in [0.4, 0.5) is 0 Å². The van der Waals surface area contributed by atoms with E-state index in [1.165, 1.54) is 31.3 Å². The molecule has 6 atom stereocenters. The van der Waals surface area contributed by atoms with Crippen molar-refractivity contribution in [3.63, 3.8) is 0 Å². The summed E-state index contributed by atoms with van der Waals surface area (Å²) in [6, 6.07) is 0. The van der Waals surface area contributed by atoms with Crippen molar-refractivity contribution in [2.75, 3.05) is 6.26 Å². The molecule has 2 aliphatic heterocycles. The molecule has 5 fully saturated rings. The van der Waals surface area contributed by atoms with Gasteiger partial charge in [0.25, 0.3) is 5.79 Å². The molecule has 5 nitrogen and oxygen atoms in total. The second-order valence-corrected chi connectivity index (χ2v) is 13.2. The van der Waals surface area contributed by atoms with Gasteiger partial charge in [0, 0.05) is 5.25 Å². The fourth-order valence-electron chi connectivity index (χ4n) is 9.14. The summed E-state index contributed by atoms with van der Waals surface area (Å²) in [4.78, 5) is 13.6. The molecule has 34 heavy (non-hydrogen) atoms. The lowest BCUT2D eigenvalue weighted by molar-refractivity contribution is -0.606. The van der Waals surface area contributed by atoms with Crippen LogP contribution in [-0.2, 0) is 23.7 Å². The first kappa shape index (κ1) is 24.0. The number of carbonyl (C=O) groups is 1. The van der Waals surface area contributed by atoms with Crippen molar-refractivity contribution in [1.82, 2.24) is 0 Å². The average molecular weight is 491 g/mol. The summed E-state index contributed by atoms with van der Waals surface area (Å²) >= 11 is 2.07. The van der Waals surface area contributed by atoms with Crippen LogP contribution in [0.1, 0.15) is 91.9 Å². The third-order valence-corrected chi connectivity index (χ3v) is 12.1. The third kappa shape index (κ3) is 2.76. The van der Waals surface area contributed by atoms with Crippen LogP contribution in [0.5, 0.6) is 0 Å². The molecule has 3 saturated carbocycles. The van der Waals surface area contributed by atoms with Crippen LogP contribution in [0.25, 0.3) is 0 Å². The summed E-state index contributed by atoms with van der Waals surface area (Å²) in [5.74, 6) is -0.963. The highest BCUT2D eigenvalue weighted by atomic mass is 32.2. The van der Waals surface area contributed by atoms with E-state index in [2.05, 4.69) is 45.7 Å². The Bertz CT molecular complexity index is 874. The standard InChI is InChI=1S/C28H42O5S/c1-6-8-23-30-27(31-23)21(29)16-17-10-11-18-19-12-13-22(34-5)25(19,3)15-14-20(18)26(17,4)28(27)32-24(33-28)9-7-2/h16,18-20,22-24H,6-15H2,1-5H3/t18-,19-,20-,22+,23?,24?,25-,26-,27?,28?/m0/s1. The minimum absolute atomic E-state index is 0.121. The molecule has 2 spiro atoms. The van der Waals surface area contributed by atoms with Crippen LogP contribution in [0, 0.1) is 28.6 Å². The number of fused-ring (bicyclic) bond motifs is 7. The number of carbonyl (C=O) groups excluding carboxylic acids is 1. The van der Waals surface area contributed by atoms with E-state index in [4.69, 9.17) is 18.9 Å². The highest BCUT2D eigenvalue weighted by molar-refractivity contribution is 7.99. The molecule has 0 radical (unpaired) electrons. The summed E-state index contributed by atoms with van der Waals surface area (Å²) in [5.41, 5.74) is 1.20. The van der Waals surface area contributed by atoms with Crippen molar-refractivity contribution in [3.05, 3.63) is 11.6 Å². The monoisotopic (exact) mass is 490 g/mol. The number of ether oxygens (including phenoxy) is 4. The second-order valence-electron chi connectivity index (χ2n) is 12.1. The number of hydrogen-bond donors (Lipinski definition) is 0. The maximum absolute atomic E-state index is 13.6. The molecule has 0 bridgehead atoms. The molecule has 6 aliphatic rings. The smallest absolute Gasteiger partial charge is 0.294 e. The van der Waals surface area contributed by atoms with E-state index in [9.17, 15) is 4.79 Å². The SMILES string of the molecule is CCCC1OC2(O1)C(=O)C=C1CC[C@H]3[C@@H]4CC[C@@H](SC)[C@@]4(C)CC[C@@H]3[C@@]1(C)C21OC(CCC)O1. The van der Waals surface area contributed by atoms with Crippen LogP contribution in [0.15, 0.2) is 11.6 Å². The van der Waals surface area contributed by atoms with Crippen LogP contribution in [-0.4, -0.2) is 41.4 Å². The molecule has 190 valence electrons. The lowest BCUT2D eigenvalue weighted by atomic mass is 9.45. The quantitative estimate of drug-likeness (QED) is 0.457. The highest BCUT2D eigenvalue weighted by Gasteiger charge is 2.83. The van der Waals surface area contributed by atoms with Gasteiger partial charge in [-0.15, -0.1) is 0 Å². The molecule has 0 N–H and O–H groups in total. The Morgan fingerprint density at radius 2 is 1.62 bits per heavy atom. The van der Waals surface area contributed by atoms with Crippen molar-refractivity contribution >= 4 is 17.5 Å². The maximum atomic E-state index is 13.6. The fourth-order valence-corrected chi connectivity index (χ4v) is 10.3. The second kappa shape index (κ2) is 8.05. The van der Waals surface area contributed by atoms with E-state index in [0.29, 0.717) is 17.3 Å². The van der Waals surface area contributed by atoms with Gasteiger partial charge in [-0.3, -0.25) is 4.79 Å². The van der Waals surface area contributed by atoms with Crippen molar-refractivity contribution in [3.8, 4) is 0 Å². The molecule has 2 heterocycles. The van der Waals surface area contributed by atoms with Gasteiger partial charge in [-0.05, 0) is 86.9 Å². The fraction of sp³-hybridized carbons (Fsp3) is 0.893. The van der Waals surface area contributed by atoms with Crippen molar-refractivity contribution in [1.29, 1.82) is 0 Å². The predicted octanol–water partition coefficient (Wildman–Crippen LogP) is 6.21. The molecular formula is C28H42O5S. The zero-order chi connectivity index (χ0) is 23.9. The van der Waals surface area contributed by atoms with Gasteiger partial charge in [0.2, 0.25) is 11.6 Å². The van der Waals surface area contributed by atoms with Gasteiger partial charge in [-0.2, -0.15) is 11.8 Å². The summed E-state index contributed by atoms with van der Waals surface area (Å²) in [7, 11) is 0.